The monoisotopic (exact) mass is 341 g/mol. The number of likely N-dealkylation sites (tertiary alicyclic amines) is 1. The van der Waals surface area contributed by atoms with Crippen LogP contribution in [0.15, 0.2) is 30.7 Å². The number of aryl methyl sites for hydroxylation is 1. The number of amides is 2. The first-order chi connectivity index (χ1) is 12.1. The first-order valence-corrected chi connectivity index (χ1v) is 8.92. The normalized spacial score (nSPS) is 18.1. The van der Waals surface area contributed by atoms with Crippen LogP contribution < -0.4 is 10.6 Å². The Morgan fingerprint density at radius 2 is 2.28 bits per heavy atom. The molecule has 0 spiro atoms. The summed E-state index contributed by atoms with van der Waals surface area (Å²) in [7, 11) is 0. The molecule has 6 heteroatoms. The highest BCUT2D eigenvalue weighted by molar-refractivity contribution is 5.90. The summed E-state index contributed by atoms with van der Waals surface area (Å²) < 4.78 is 0. The summed E-state index contributed by atoms with van der Waals surface area (Å²) in [5.74, 6) is 0.487. The van der Waals surface area contributed by atoms with Crippen molar-refractivity contribution in [1.29, 1.82) is 0 Å². The van der Waals surface area contributed by atoms with Gasteiger partial charge in [0.2, 0.25) is 0 Å². The summed E-state index contributed by atoms with van der Waals surface area (Å²) in [6.45, 7) is 7.78. The number of carbonyl (C=O) groups excluding carboxylic acids is 1. The number of rotatable bonds is 5. The van der Waals surface area contributed by atoms with Crippen LogP contribution in [0.2, 0.25) is 0 Å². The number of nitrogens with one attached hydrogen (secondary N) is 3. The molecule has 0 bridgehead atoms. The first-order valence-electron chi connectivity index (χ1n) is 8.92. The van der Waals surface area contributed by atoms with Gasteiger partial charge in [0.05, 0.1) is 6.33 Å². The Hall–Kier alpha value is -2.34. The van der Waals surface area contributed by atoms with Crippen molar-refractivity contribution in [1.82, 2.24) is 20.2 Å². The molecule has 25 heavy (non-hydrogen) atoms. The quantitative estimate of drug-likeness (QED) is 0.782. The van der Waals surface area contributed by atoms with Crippen LogP contribution in [0.5, 0.6) is 0 Å². The summed E-state index contributed by atoms with van der Waals surface area (Å²) in [5, 5.41) is 5.99. The number of urea groups is 1. The average molecular weight is 341 g/mol. The van der Waals surface area contributed by atoms with Crippen molar-refractivity contribution in [2.24, 2.45) is 5.92 Å². The van der Waals surface area contributed by atoms with E-state index < -0.39 is 0 Å². The standard InChI is InChI=1S/C19H27N5O/c1-14-5-3-7-18(15(14)2)23-19(25)21-9-16-6-4-8-24(11-16)12-17-10-20-13-22-17/h3,5,7,10,13,16H,4,6,8-9,11-12H2,1-2H3,(H,20,22)(H2,21,23,25)/t16-/m0/s1. The number of nitrogens with zero attached hydrogens (tertiary/aromatic N) is 2. The third-order valence-corrected chi connectivity index (χ3v) is 4.96. The number of piperidine rings is 1. The van der Waals surface area contributed by atoms with E-state index in [0.29, 0.717) is 12.5 Å². The minimum atomic E-state index is -0.126. The molecule has 1 aliphatic rings. The fraction of sp³-hybridized carbons (Fsp3) is 0.474. The van der Waals surface area contributed by atoms with Gasteiger partial charge in [-0.3, -0.25) is 4.90 Å². The SMILES string of the molecule is Cc1cccc(NC(=O)NC[C@@H]2CCCN(Cc3cnc[nH]3)C2)c1C. The lowest BCUT2D eigenvalue weighted by molar-refractivity contribution is 0.164. The molecule has 0 radical (unpaired) electrons. The van der Waals surface area contributed by atoms with E-state index in [1.54, 1.807) is 6.33 Å². The largest absolute Gasteiger partial charge is 0.347 e. The fourth-order valence-electron chi connectivity index (χ4n) is 3.36. The van der Waals surface area contributed by atoms with Gasteiger partial charge >= 0.3 is 6.03 Å². The Kier molecular flexibility index (Phi) is 5.71. The molecule has 134 valence electrons. The first kappa shape index (κ1) is 17.5. The maximum Gasteiger partial charge on any atom is 0.319 e. The van der Waals surface area contributed by atoms with Gasteiger partial charge < -0.3 is 15.6 Å². The average Bonchev–Trinajstić information content (AvgIpc) is 3.10. The van der Waals surface area contributed by atoms with E-state index in [-0.39, 0.29) is 6.03 Å². The van der Waals surface area contributed by atoms with Crippen molar-refractivity contribution < 1.29 is 4.79 Å². The maximum atomic E-state index is 12.2. The molecule has 1 aromatic carbocycles. The molecule has 2 heterocycles. The number of hydrogen-bond acceptors (Lipinski definition) is 3. The van der Waals surface area contributed by atoms with Gasteiger partial charge in [-0.2, -0.15) is 0 Å². The van der Waals surface area contributed by atoms with Gasteiger partial charge in [-0.25, -0.2) is 9.78 Å². The molecule has 0 saturated carbocycles. The molecule has 0 aliphatic carbocycles. The zero-order valence-electron chi connectivity index (χ0n) is 15.0. The molecule has 1 fully saturated rings. The van der Waals surface area contributed by atoms with E-state index in [0.717, 1.165) is 43.0 Å². The van der Waals surface area contributed by atoms with E-state index >= 15 is 0 Å². The summed E-state index contributed by atoms with van der Waals surface area (Å²) in [6, 6.07) is 5.83. The third kappa shape index (κ3) is 4.82. The van der Waals surface area contributed by atoms with Crippen molar-refractivity contribution in [3.05, 3.63) is 47.5 Å². The minimum absolute atomic E-state index is 0.126. The van der Waals surface area contributed by atoms with E-state index in [4.69, 9.17) is 0 Å². The predicted octanol–water partition coefficient (Wildman–Crippen LogP) is 3.06. The second kappa shape index (κ2) is 8.16. The Morgan fingerprint density at radius 1 is 1.40 bits per heavy atom. The van der Waals surface area contributed by atoms with Gasteiger partial charge in [-0.15, -0.1) is 0 Å². The van der Waals surface area contributed by atoms with Gasteiger partial charge in [-0.05, 0) is 56.3 Å². The van der Waals surface area contributed by atoms with Crippen molar-refractivity contribution in [3.63, 3.8) is 0 Å². The van der Waals surface area contributed by atoms with Crippen molar-refractivity contribution in [3.8, 4) is 0 Å². The predicted molar refractivity (Wildman–Crippen MR) is 99.5 cm³/mol. The topological polar surface area (TPSA) is 73.1 Å². The zero-order chi connectivity index (χ0) is 17.6. The van der Waals surface area contributed by atoms with E-state index in [2.05, 4.69) is 38.5 Å². The van der Waals surface area contributed by atoms with Crippen molar-refractivity contribution >= 4 is 11.7 Å². The number of aromatic amines is 1. The van der Waals surface area contributed by atoms with Crippen LogP contribution in [0.25, 0.3) is 0 Å². The molecule has 6 nitrogen and oxygen atoms in total. The van der Waals surface area contributed by atoms with Crippen LogP contribution >= 0.6 is 0 Å². The van der Waals surface area contributed by atoms with Crippen LogP contribution in [-0.4, -0.2) is 40.5 Å². The van der Waals surface area contributed by atoms with Gasteiger partial charge in [0.15, 0.2) is 0 Å². The second-order valence-electron chi connectivity index (χ2n) is 6.90. The third-order valence-electron chi connectivity index (χ3n) is 4.96. The molecule has 1 atom stereocenters. The Balaban J connectivity index is 1.46. The Morgan fingerprint density at radius 3 is 3.08 bits per heavy atom. The van der Waals surface area contributed by atoms with E-state index in [1.165, 1.54) is 12.0 Å². The molecule has 0 unspecified atom stereocenters. The number of hydrogen-bond donors (Lipinski definition) is 3. The van der Waals surface area contributed by atoms with Crippen LogP contribution in [0.3, 0.4) is 0 Å². The highest BCUT2D eigenvalue weighted by Crippen LogP contribution is 2.19. The molecule has 2 amide bonds. The summed E-state index contributed by atoms with van der Waals surface area (Å²) in [5.41, 5.74) is 4.31. The lowest BCUT2D eigenvalue weighted by atomic mass is 9.98. The van der Waals surface area contributed by atoms with Gasteiger partial charge in [0, 0.05) is 37.2 Å². The van der Waals surface area contributed by atoms with Gasteiger partial charge in [-0.1, -0.05) is 12.1 Å². The molecule has 1 aromatic heterocycles. The van der Waals surface area contributed by atoms with Crippen LogP contribution in [0.1, 0.15) is 29.7 Å². The zero-order valence-corrected chi connectivity index (χ0v) is 15.0. The van der Waals surface area contributed by atoms with Gasteiger partial charge in [0.1, 0.15) is 0 Å². The number of benzene rings is 1. The number of carbonyl (C=O) groups is 1. The van der Waals surface area contributed by atoms with Crippen molar-refractivity contribution in [2.75, 3.05) is 25.0 Å². The molecule has 2 aromatic rings. The molecular formula is C19H27N5O. The highest BCUT2D eigenvalue weighted by atomic mass is 16.2. The lowest BCUT2D eigenvalue weighted by Crippen LogP contribution is -2.41. The van der Waals surface area contributed by atoms with E-state index in [1.807, 2.05) is 25.3 Å². The van der Waals surface area contributed by atoms with Crippen LogP contribution in [-0.2, 0) is 6.54 Å². The summed E-state index contributed by atoms with van der Waals surface area (Å²) in [4.78, 5) is 21.9. The van der Waals surface area contributed by atoms with Crippen molar-refractivity contribution in [2.45, 2.75) is 33.2 Å². The molecule has 3 N–H and O–H groups in total. The fourth-order valence-corrected chi connectivity index (χ4v) is 3.36. The summed E-state index contributed by atoms with van der Waals surface area (Å²) in [6.07, 6.45) is 5.91. The smallest absolute Gasteiger partial charge is 0.319 e. The Labute approximate surface area is 149 Å². The number of imidazole rings is 1. The minimum Gasteiger partial charge on any atom is -0.347 e. The molecule has 1 saturated heterocycles. The summed E-state index contributed by atoms with van der Waals surface area (Å²) >= 11 is 0. The maximum absolute atomic E-state index is 12.2. The molecule has 1 aliphatic heterocycles. The lowest BCUT2D eigenvalue weighted by Gasteiger charge is -2.32. The van der Waals surface area contributed by atoms with Gasteiger partial charge in [0.25, 0.3) is 0 Å². The highest BCUT2D eigenvalue weighted by Gasteiger charge is 2.20. The van der Waals surface area contributed by atoms with Crippen LogP contribution in [0, 0.1) is 19.8 Å². The molecular weight excluding hydrogens is 314 g/mol. The number of aromatic nitrogens is 2. The second-order valence-corrected chi connectivity index (χ2v) is 6.90. The number of anilines is 1. The van der Waals surface area contributed by atoms with Crippen LogP contribution in [0.4, 0.5) is 10.5 Å². The molecule has 3 rings (SSSR count). The van der Waals surface area contributed by atoms with E-state index in [9.17, 15) is 4.79 Å². The number of H-pyrrole nitrogens is 1. The Bertz CT molecular complexity index is 698.